The lowest BCUT2D eigenvalue weighted by atomic mass is 10.5. The average molecular weight is 184 g/mol. The molecule has 1 nitrogen and oxygen atoms in total. The Hall–Kier alpha value is 0.290. The first-order valence-electron chi connectivity index (χ1n) is 1.70. The van der Waals surface area contributed by atoms with Crippen LogP contribution < -0.4 is 5.73 Å². The standard InChI is InChI=1S/C4H6BrN.ClH/c5-3-1-2-4-6;/h2,4,6H2;1H. The Morgan fingerprint density at radius 2 is 2.14 bits per heavy atom. The molecule has 0 spiro atoms. The maximum atomic E-state index is 5.09. The Labute approximate surface area is 58.2 Å². The van der Waals surface area contributed by atoms with Gasteiger partial charge in [-0.3, -0.25) is 0 Å². The molecule has 0 rings (SSSR count). The minimum atomic E-state index is 0. The highest BCUT2D eigenvalue weighted by atomic mass is 79.9. The first-order chi connectivity index (χ1) is 2.91. The van der Waals surface area contributed by atoms with Crippen LogP contribution >= 0.6 is 28.3 Å². The van der Waals surface area contributed by atoms with Crippen molar-refractivity contribution in [1.82, 2.24) is 0 Å². The van der Waals surface area contributed by atoms with E-state index in [1.807, 2.05) is 0 Å². The van der Waals surface area contributed by atoms with E-state index in [0.717, 1.165) is 6.42 Å². The minimum Gasteiger partial charge on any atom is -0.330 e. The maximum Gasteiger partial charge on any atom is 0.0221 e. The van der Waals surface area contributed by atoms with Crippen LogP contribution in [0.25, 0.3) is 0 Å². The highest BCUT2D eigenvalue weighted by Gasteiger charge is 1.63. The van der Waals surface area contributed by atoms with E-state index in [1.165, 1.54) is 0 Å². The van der Waals surface area contributed by atoms with E-state index in [4.69, 9.17) is 5.73 Å². The SMILES string of the molecule is Cl.NCCC#CBr. The summed E-state index contributed by atoms with van der Waals surface area (Å²) in [5.74, 6) is 2.74. The molecule has 0 radical (unpaired) electrons. The Morgan fingerprint density at radius 3 is 2.29 bits per heavy atom. The molecular weight excluding hydrogens is 177 g/mol. The van der Waals surface area contributed by atoms with E-state index in [2.05, 4.69) is 26.7 Å². The third kappa shape index (κ3) is 10.7. The third-order valence-electron chi connectivity index (χ3n) is 0.336. The monoisotopic (exact) mass is 183 g/mol. The zero-order valence-electron chi connectivity index (χ0n) is 3.78. The van der Waals surface area contributed by atoms with Crippen molar-refractivity contribution in [1.29, 1.82) is 0 Å². The van der Waals surface area contributed by atoms with E-state index in [1.54, 1.807) is 0 Å². The number of halogens is 2. The minimum absolute atomic E-state index is 0. The zero-order valence-corrected chi connectivity index (χ0v) is 6.18. The van der Waals surface area contributed by atoms with Crippen molar-refractivity contribution in [3.8, 4) is 10.8 Å². The highest BCUT2D eigenvalue weighted by Crippen LogP contribution is 1.71. The van der Waals surface area contributed by atoms with E-state index >= 15 is 0 Å². The molecule has 0 aliphatic carbocycles. The van der Waals surface area contributed by atoms with Crippen LogP contribution in [0.5, 0.6) is 0 Å². The van der Waals surface area contributed by atoms with Gasteiger partial charge in [0.05, 0.1) is 0 Å². The molecule has 0 aromatic rings. The summed E-state index contributed by atoms with van der Waals surface area (Å²) in [4.78, 5) is 2.55. The summed E-state index contributed by atoms with van der Waals surface area (Å²) in [5.41, 5.74) is 5.09. The van der Waals surface area contributed by atoms with Gasteiger partial charge in [-0.1, -0.05) is 5.92 Å². The van der Waals surface area contributed by atoms with Gasteiger partial charge >= 0.3 is 0 Å². The van der Waals surface area contributed by atoms with Gasteiger partial charge < -0.3 is 5.73 Å². The molecule has 0 saturated carbocycles. The number of nitrogens with two attached hydrogens (primary N) is 1. The second kappa shape index (κ2) is 9.56. The van der Waals surface area contributed by atoms with Gasteiger partial charge in [0.15, 0.2) is 0 Å². The molecule has 0 unspecified atom stereocenters. The largest absolute Gasteiger partial charge is 0.330 e. The lowest BCUT2D eigenvalue weighted by Gasteiger charge is -1.72. The van der Waals surface area contributed by atoms with Crippen molar-refractivity contribution in [2.75, 3.05) is 6.54 Å². The fourth-order valence-electron chi connectivity index (χ4n) is 0.119. The predicted molar refractivity (Wildman–Crippen MR) is 37.6 cm³/mol. The highest BCUT2D eigenvalue weighted by molar-refractivity contribution is 9.12. The van der Waals surface area contributed by atoms with Crippen molar-refractivity contribution in [2.45, 2.75) is 6.42 Å². The first-order valence-corrected chi connectivity index (χ1v) is 2.49. The van der Waals surface area contributed by atoms with Crippen LogP contribution in [0.4, 0.5) is 0 Å². The predicted octanol–water partition coefficient (Wildman–Crippen LogP) is 1.11. The molecule has 0 aromatic heterocycles. The summed E-state index contributed by atoms with van der Waals surface area (Å²) >= 11 is 2.93. The molecular formula is C4H7BrClN. The summed E-state index contributed by atoms with van der Waals surface area (Å²) in [6.45, 7) is 0.651. The van der Waals surface area contributed by atoms with Crippen molar-refractivity contribution >= 4 is 28.3 Å². The van der Waals surface area contributed by atoms with Crippen LogP contribution in [0.15, 0.2) is 0 Å². The van der Waals surface area contributed by atoms with E-state index in [-0.39, 0.29) is 12.4 Å². The average Bonchev–Trinajstić information content (AvgIpc) is 1.61. The molecule has 3 heteroatoms. The summed E-state index contributed by atoms with van der Waals surface area (Å²) in [6, 6.07) is 0. The molecule has 2 N–H and O–H groups in total. The van der Waals surface area contributed by atoms with Crippen LogP contribution in [0.1, 0.15) is 6.42 Å². The van der Waals surface area contributed by atoms with Crippen molar-refractivity contribution in [3.05, 3.63) is 0 Å². The summed E-state index contributed by atoms with van der Waals surface area (Å²) in [6.07, 6.45) is 0.783. The second-order valence-corrected chi connectivity index (χ2v) is 1.21. The molecule has 0 fully saturated rings. The fraction of sp³-hybridized carbons (Fsp3) is 0.500. The van der Waals surface area contributed by atoms with Crippen molar-refractivity contribution in [2.24, 2.45) is 5.73 Å². The lowest BCUT2D eigenvalue weighted by Crippen LogP contribution is -1.94. The molecule has 0 bridgehead atoms. The first kappa shape index (κ1) is 10.3. The van der Waals surface area contributed by atoms with Crippen molar-refractivity contribution < 1.29 is 0 Å². The van der Waals surface area contributed by atoms with Crippen LogP contribution in [0, 0.1) is 10.8 Å². The second-order valence-electron chi connectivity index (χ2n) is 0.810. The normalized spacial score (nSPS) is 5.43. The Balaban J connectivity index is 0. The topological polar surface area (TPSA) is 26.0 Å². The fourth-order valence-corrected chi connectivity index (χ4v) is 0.318. The molecule has 0 heterocycles. The Morgan fingerprint density at radius 1 is 1.57 bits per heavy atom. The van der Waals surface area contributed by atoms with Gasteiger partial charge in [0.25, 0.3) is 0 Å². The summed E-state index contributed by atoms with van der Waals surface area (Å²) in [7, 11) is 0. The van der Waals surface area contributed by atoms with E-state index in [9.17, 15) is 0 Å². The Kier molecular flexibility index (Phi) is 14.1. The molecule has 0 aromatic carbocycles. The van der Waals surface area contributed by atoms with Crippen LogP contribution in [0.2, 0.25) is 0 Å². The van der Waals surface area contributed by atoms with E-state index in [0.29, 0.717) is 6.54 Å². The molecule has 42 valence electrons. The van der Waals surface area contributed by atoms with Gasteiger partial charge in [-0.05, 0) is 4.83 Å². The third-order valence-corrected chi connectivity index (χ3v) is 0.617. The lowest BCUT2D eigenvalue weighted by molar-refractivity contribution is 1.03. The molecule has 7 heavy (non-hydrogen) atoms. The zero-order chi connectivity index (χ0) is 4.83. The molecule has 0 aliphatic heterocycles. The smallest absolute Gasteiger partial charge is 0.0221 e. The van der Waals surface area contributed by atoms with Crippen LogP contribution in [0.3, 0.4) is 0 Å². The number of hydrogen-bond donors (Lipinski definition) is 1. The summed E-state index contributed by atoms with van der Waals surface area (Å²) in [5, 5.41) is 0. The number of hydrogen-bond acceptors (Lipinski definition) is 1. The van der Waals surface area contributed by atoms with Gasteiger partial charge in [-0.15, -0.1) is 12.4 Å². The van der Waals surface area contributed by atoms with Gasteiger partial charge in [0, 0.05) is 28.9 Å². The quantitative estimate of drug-likeness (QED) is 0.607. The Bertz CT molecular complexity index is 73.5. The molecule has 0 atom stereocenters. The van der Waals surface area contributed by atoms with Crippen LogP contribution in [-0.2, 0) is 0 Å². The van der Waals surface area contributed by atoms with Gasteiger partial charge in [0.2, 0.25) is 0 Å². The molecule has 0 saturated heterocycles. The van der Waals surface area contributed by atoms with Gasteiger partial charge in [-0.2, -0.15) is 0 Å². The van der Waals surface area contributed by atoms with Gasteiger partial charge in [0.1, 0.15) is 0 Å². The van der Waals surface area contributed by atoms with Crippen LogP contribution in [-0.4, -0.2) is 6.54 Å². The molecule has 0 aliphatic rings. The number of rotatable bonds is 1. The summed E-state index contributed by atoms with van der Waals surface area (Å²) < 4.78 is 0. The maximum absolute atomic E-state index is 5.09. The van der Waals surface area contributed by atoms with Gasteiger partial charge in [-0.25, -0.2) is 0 Å². The molecule has 0 amide bonds. The van der Waals surface area contributed by atoms with E-state index < -0.39 is 0 Å². The van der Waals surface area contributed by atoms with Crippen molar-refractivity contribution in [3.63, 3.8) is 0 Å².